The van der Waals surface area contributed by atoms with Crippen LogP contribution in [0.1, 0.15) is 40.0 Å². The first kappa shape index (κ1) is 11.9. The summed E-state index contributed by atoms with van der Waals surface area (Å²) in [6, 6.07) is 0.561. The average molecular weight is 224 g/mol. The summed E-state index contributed by atoms with van der Waals surface area (Å²) < 4.78 is 0. The van der Waals surface area contributed by atoms with E-state index in [9.17, 15) is 4.79 Å². The minimum absolute atomic E-state index is 0.187. The number of piperidine rings is 1. The molecule has 0 aromatic rings. The highest BCUT2D eigenvalue weighted by atomic mass is 16.2. The topological polar surface area (TPSA) is 32.3 Å². The fourth-order valence-electron chi connectivity index (χ4n) is 2.79. The molecule has 92 valence electrons. The molecule has 0 radical (unpaired) electrons. The van der Waals surface area contributed by atoms with Gasteiger partial charge in [0.15, 0.2) is 0 Å². The van der Waals surface area contributed by atoms with Crippen molar-refractivity contribution in [2.75, 3.05) is 19.6 Å². The van der Waals surface area contributed by atoms with E-state index in [1.165, 1.54) is 12.8 Å². The second-order valence-corrected chi connectivity index (χ2v) is 5.91. The normalized spacial score (nSPS) is 30.3. The molecule has 0 aliphatic carbocycles. The van der Waals surface area contributed by atoms with Gasteiger partial charge < -0.3 is 10.2 Å². The molecule has 2 saturated heterocycles. The maximum absolute atomic E-state index is 12.3. The van der Waals surface area contributed by atoms with Crippen molar-refractivity contribution >= 4 is 5.91 Å². The van der Waals surface area contributed by atoms with Crippen molar-refractivity contribution in [1.29, 1.82) is 0 Å². The second-order valence-electron chi connectivity index (χ2n) is 5.91. The first-order valence-electron chi connectivity index (χ1n) is 6.57. The summed E-state index contributed by atoms with van der Waals surface area (Å²) in [7, 11) is 0. The maximum atomic E-state index is 12.3. The quantitative estimate of drug-likeness (QED) is 0.773. The van der Waals surface area contributed by atoms with Gasteiger partial charge in [-0.3, -0.25) is 4.79 Å². The number of carbonyl (C=O) groups excluding carboxylic acids is 1. The molecule has 1 N–H and O–H groups in total. The number of nitrogens with zero attached hydrogens (tertiary/aromatic N) is 1. The third-order valence-corrected chi connectivity index (χ3v) is 4.35. The summed E-state index contributed by atoms with van der Waals surface area (Å²) >= 11 is 0. The van der Waals surface area contributed by atoms with Gasteiger partial charge in [0.25, 0.3) is 0 Å². The summed E-state index contributed by atoms with van der Waals surface area (Å²) in [5.41, 5.74) is -0.187. The van der Waals surface area contributed by atoms with E-state index in [4.69, 9.17) is 0 Å². The third-order valence-electron chi connectivity index (χ3n) is 4.35. The number of hydrogen-bond acceptors (Lipinski definition) is 2. The molecule has 0 saturated carbocycles. The molecule has 3 nitrogen and oxygen atoms in total. The van der Waals surface area contributed by atoms with Crippen LogP contribution in [0.2, 0.25) is 0 Å². The highest BCUT2D eigenvalue weighted by Crippen LogP contribution is 2.30. The van der Waals surface area contributed by atoms with Gasteiger partial charge in [0.2, 0.25) is 5.91 Å². The van der Waals surface area contributed by atoms with Gasteiger partial charge in [-0.15, -0.1) is 0 Å². The molecule has 2 aliphatic rings. The Morgan fingerprint density at radius 1 is 1.44 bits per heavy atom. The number of carbonyl (C=O) groups is 1. The first-order chi connectivity index (χ1) is 7.54. The Labute approximate surface area is 98.6 Å². The van der Waals surface area contributed by atoms with Gasteiger partial charge in [0, 0.05) is 24.5 Å². The highest BCUT2D eigenvalue weighted by Gasteiger charge is 2.40. The molecule has 2 unspecified atom stereocenters. The monoisotopic (exact) mass is 224 g/mol. The Hall–Kier alpha value is -0.570. The zero-order valence-corrected chi connectivity index (χ0v) is 10.8. The van der Waals surface area contributed by atoms with Crippen molar-refractivity contribution in [2.24, 2.45) is 11.3 Å². The number of nitrogens with one attached hydrogen (secondary N) is 1. The average Bonchev–Trinajstić information content (AvgIpc) is 2.71. The van der Waals surface area contributed by atoms with Gasteiger partial charge in [-0.2, -0.15) is 0 Å². The van der Waals surface area contributed by atoms with Crippen LogP contribution in [0.25, 0.3) is 0 Å². The Bertz CT molecular complexity index is 261. The van der Waals surface area contributed by atoms with Crippen LogP contribution < -0.4 is 5.32 Å². The molecule has 0 aromatic heterocycles. The molecular weight excluding hydrogens is 200 g/mol. The summed E-state index contributed by atoms with van der Waals surface area (Å²) in [5.74, 6) is 1.04. The van der Waals surface area contributed by atoms with E-state index in [0.717, 1.165) is 26.1 Å². The van der Waals surface area contributed by atoms with Crippen LogP contribution in [0.15, 0.2) is 0 Å². The zero-order valence-electron chi connectivity index (χ0n) is 10.8. The van der Waals surface area contributed by atoms with Crippen LogP contribution >= 0.6 is 0 Å². The number of amides is 1. The molecule has 1 amide bonds. The van der Waals surface area contributed by atoms with Crippen molar-refractivity contribution in [1.82, 2.24) is 10.2 Å². The summed E-state index contributed by atoms with van der Waals surface area (Å²) in [6.45, 7) is 9.24. The Kier molecular flexibility index (Phi) is 3.24. The Morgan fingerprint density at radius 2 is 2.19 bits per heavy atom. The molecular formula is C13H24N2O. The summed E-state index contributed by atoms with van der Waals surface area (Å²) in [5, 5.41) is 3.54. The van der Waals surface area contributed by atoms with Crippen molar-refractivity contribution in [3.05, 3.63) is 0 Å². The number of fused-ring (bicyclic) bond motifs is 1. The molecule has 2 aliphatic heterocycles. The molecule has 2 rings (SSSR count). The van der Waals surface area contributed by atoms with E-state index in [0.29, 0.717) is 17.9 Å². The summed E-state index contributed by atoms with van der Waals surface area (Å²) in [6.07, 6.45) is 3.47. The van der Waals surface area contributed by atoms with Crippen LogP contribution in [0.3, 0.4) is 0 Å². The molecule has 2 heterocycles. The minimum Gasteiger partial charge on any atom is -0.340 e. The van der Waals surface area contributed by atoms with Crippen molar-refractivity contribution < 1.29 is 4.79 Å². The lowest BCUT2D eigenvalue weighted by molar-refractivity contribution is -0.139. The van der Waals surface area contributed by atoms with Crippen LogP contribution in [0.5, 0.6) is 0 Å². The molecule has 3 heteroatoms. The first-order valence-corrected chi connectivity index (χ1v) is 6.57. The molecule has 0 aromatic carbocycles. The van der Waals surface area contributed by atoms with Gasteiger partial charge in [0.1, 0.15) is 0 Å². The molecule has 0 bridgehead atoms. The van der Waals surface area contributed by atoms with Crippen molar-refractivity contribution in [3.63, 3.8) is 0 Å². The van der Waals surface area contributed by atoms with Gasteiger partial charge in [-0.1, -0.05) is 20.8 Å². The van der Waals surface area contributed by atoms with Gasteiger partial charge in [0.05, 0.1) is 0 Å². The summed E-state index contributed by atoms with van der Waals surface area (Å²) in [4.78, 5) is 14.4. The predicted molar refractivity (Wildman–Crippen MR) is 65.2 cm³/mol. The lowest BCUT2D eigenvalue weighted by Crippen LogP contribution is -2.42. The number of likely N-dealkylation sites (tertiary alicyclic amines) is 1. The largest absolute Gasteiger partial charge is 0.340 e. The van der Waals surface area contributed by atoms with Gasteiger partial charge in [-0.25, -0.2) is 0 Å². The van der Waals surface area contributed by atoms with Crippen molar-refractivity contribution in [3.8, 4) is 0 Å². The van der Waals surface area contributed by atoms with E-state index < -0.39 is 0 Å². The number of rotatable bonds is 2. The molecule has 16 heavy (non-hydrogen) atoms. The van der Waals surface area contributed by atoms with E-state index >= 15 is 0 Å². The standard InChI is InChI=1S/C13H24N2O/c1-4-13(2,3)12(16)15-8-10-6-5-7-14-11(10)9-15/h10-11,14H,4-9H2,1-3H3. The van der Waals surface area contributed by atoms with E-state index in [2.05, 4.69) is 31.0 Å². The fourth-order valence-corrected chi connectivity index (χ4v) is 2.79. The van der Waals surface area contributed by atoms with E-state index in [1.807, 2.05) is 0 Å². The SMILES string of the molecule is CCC(C)(C)C(=O)N1CC2CCCNC2C1. The zero-order chi connectivity index (χ0) is 11.8. The third kappa shape index (κ3) is 2.10. The highest BCUT2D eigenvalue weighted by molar-refractivity contribution is 5.82. The minimum atomic E-state index is -0.187. The maximum Gasteiger partial charge on any atom is 0.228 e. The Balaban J connectivity index is 2.00. The van der Waals surface area contributed by atoms with Gasteiger partial charge in [-0.05, 0) is 31.7 Å². The molecule has 2 atom stereocenters. The van der Waals surface area contributed by atoms with E-state index in [1.54, 1.807) is 0 Å². The van der Waals surface area contributed by atoms with Gasteiger partial charge >= 0.3 is 0 Å². The lowest BCUT2D eigenvalue weighted by atomic mass is 9.88. The fraction of sp³-hybridized carbons (Fsp3) is 0.923. The van der Waals surface area contributed by atoms with Crippen LogP contribution in [-0.4, -0.2) is 36.5 Å². The van der Waals surface area contributed by atoms with Crippen LogP contribution in [0.4, 0.5) is 0 Å². The molecule has 2 fully saturated rings. The Morgan fingerprint density at radius 3 is 2.81 bits per heavy atom. The van der Waals surface area contributed by atoms with Crippen LogP contribution in [-0.2, 0) is 4.79 Å². The number of hydrogen-bond donors (Lipinski definition) is 1. The second kappa shape index (κ2) is 4.36. The predicted octanol–water partition coefficient (Wildman–Crippen LogP) is 1.63. The smallest absolute Gasteiger partial charge is 0.228 e. The lowest BCUT2D eigenvalue weighted by Gasteiger charge is -2.28. The molecule has 0 spiro atoms. The van der Waals surface area contributed by atoms with Crippen LogP contribution in [0, 0.1) is 11.3 Å². The van der Waals surface area contributed by atoms with E-state index in [-0.39, 0.29) is 5.41 Å². The van der Waals surface area contributed by atoms with Crippen molar-refractivity contribution in [2.45, 2.75) is 46.1 Å².